The zero-order valence-corrected chi connectivity index (χ0v) is 16.7. The van der Waals surface area contributed by atoms with Gasteiger partial charge in [0.05, 0.1) is 5.92 Å². The van der Waals surface area contributed by atoms with E-state index in [4.69, 9.17) is 0 Å². The summed E-state index contributed by atoms with van der Waals surface area (Å²) in [4.78, 5) is 33.0. The van der Waals surface area contributed by atoms with E-state index in [0.717, 1.165) is 50.0 Å². The minimum Gasteiger partial charge on any atom is -0.354 e. The number of hydrogen-bond donors (Lipinski definition) is 2. The fourth-order valence-electron chi connectivity index (χ4n) is 4.67. The van der Waals surface area contributed by atoms with Crippen LogP contribution < -0.4 is 15.5 Å². The van der Waals surface area contributed by atoms with Crippen LogP contribution in [0.25, 0.3) is 0 Å². The van der Waals surface area contributed by atoms with Gasteiger partial charge in [-0.2, -0.15) is 0 Å². The Morgan fingerprint density at radius 2 is 1.96 bits per heavy atom. The van der Waals surface area contributed by atoms with E-state index in [1.165, 1.54) is 19.4 Å². The number of imide groups is 1. The van der Waals surface area contributed by atoms with Crippen molar-refractivity contribution < 1.29 is 9.59 Å². The van der Waals surface area contributed by atoms with E-state index in [2.05, 4.69) is 32.3 Å². The van der Waals surface area contributed by atoms with Crippen LogP contribution in [0.1, 0.15) is 44.1 Å². The van der Waals surface area contributed by atoms with Gasteiger partial charge in [0.2, 0.25) is 11.8 Å². The van der Waals surface area contributed by atoms with Crippen LogP contribution in [0.5, 0.6) is 0 Å². The lowest BCUT2D eigenvalue weighted by Gasteiger charge is -2.42. The van der Waals surface area contributed by atoms with Crippen molar-refractivity contribution in [3.8, 4) is 0 Å². The molecule has 1 aromatic rings. The average molecular weight is 386 g/mol. The Kier molecular flexibility index (Phi) is 5.92. The van der Waals surface area contributed by atoms with Gasteiger partial charge >= 0.3 is 0 Å². The molecule has 0 aliphatic carbocycles. The number of hydrogen-bond acceptors (Lipinski definition) is 6. The lowest BCUT2D eigenvalue weighted by Crippen LogP contribution is -2.53. The lowest BCUT2D eigenvalue weighted by molar-refractivity contribution is -0.134. The van der Waals surface area contributed by atoms with Gasteiger partial charge in [-0.05, 0) is 56.8 Å². The quantitative estimate of drug-likeness (QED) is 0.756. The molecule has 7 heteroatoms. The molecule has 4 heterocycles. The van der Waals surface area contributed by atoms with Crippen LogP contribution >= 0.6 is 0 Å². The van der Waals surface area contributed by atoms with E-state index >= 15 is 0 Å². The maximum atomic E-state index is 12.1. The first-order valence-electron chi connectivity index (χ1n) is 10.6. The molecule has 2 atom stereocenters. The summed E-state index contributed by atoms with van der Waals surface area (Å²) in [7, 11) is 0. The third-order valence-electron chi connectivity index (χ3n) is 6.45. The number of piperazine rings is 1. The largest absolute Gasteiger partial charge is 0.354 e. The number of amides is 2. The summed E-state index contributed by atoms with van der Waals surface area (Å²) >= 11 is 0. The predicted octanol–water partition coefficient (Wildman–Crippen LogP) is 1.11. The zero-order chi connectivity index (χ0) is 19.5. The normalized spacial score (nSPS) is 27.7. The second-order valence-corrected chi connectivity index (χ2v) is 8.44. The van der Waals surface area contributed by atoms with Crippen molar-refractivity contribution in [1.29, 1.82) is 0 Å². The molecular formula is C21H31N5O2. The summed E-state index contributed by atoms with van der Waals surface area (Å²) in [6.45, 7) is 8.87. The van der Waals surface area contributed by atoms with Crippen molar-refractivity contribution in [2.24, 2.45) is 5.92 Å². The Balaban J connectivity index is 1.34. The molecule has 0 radical (unpaired) electrons. The van der Waals surface area contributed by atoms with Crippen molar-refractivity contribution in [1.82, 2.24) is 20.5 Å². The van der Waals surface area contributed by atoms with E-state index in [9.17, 15) is 9.59 Å². The fourth-order valence-corrected chi connectivity index (χ4v) is 4.67. The summed E-state index contributed by atoms with van der Waals surface area (Å²) < 4.78 is 0. The van der Waals surface area contributed by atoms with Crippen molar-refractivity contribution in [3.63, 3.8) is 0 Å². The maximum absolute atomic E-state index is 12.1. The third-order valence-corrected chi connectivity index (χ3v) is 6.45. The van der Waals surface area contributed by atoms with Gasteiger partial charge in [0.15, 0.2) is 0 Å². The first kappa shape index (κ1) is 19.3. The second-order valence-electron chi connectivity index (χ2n) is 8.44. The van der Waals surface area contributed by atoms with Gasteiger partial charge in [-0.25, -0.2) is 4.98 Å². The Morgan fingerprint density at radius 1 is 1.14 bits per heavy atom. The van der Waals surface area contributed by atoms with Gasteiger partial charge in [-0.1, -0.05) is 6.07 Å². The minimum atomic E-state index is -0.264. The number of anilines is 1. The van der Waals surface area contributed by atoms with Crippen LogP contribution in [0, 0.1) is 5.92 Å². The molecule has 152 valence electrons. The molecule has 0 bridgehead atoms. The molecule has 3 aliphatic heterocycles. The van der Waals surface area contributed by atoms with Gasteiger partial charge in [0.1, 0.15) is 5.82 Å². The van der Waals surface area contributed by atoms with E-state index in [1.807, 2.05) is 12.1 Å². The molecule has 4 rings (SSSR count). The molecule has 0 aromatic carbocycles. The maximum Gasteiger partial charge on any atom is 0.234 e. The fraction of sp³-hybridized carbons (Fsp3) is 0.667. The summed E-state index contributed by atoms with van der Waals surface area (Å²) in [6, 6.07) is 4.53. The van der Waals surface area contributed by atoms with Crippen LogP contribution in [0.2, 0.25) is 0 Å². The second kappa shape index (κ2) is 8.57. The first-order valence-corrected chi connectivity index (χ1v) is 10.6. The molecule has 0 unspecified atom stereocenters. The van der Waals surface area contributed by atoms with Crippen molar-refractivity contribution in [2.75, 3.05) is 44.2 Å². The zero-order valence-electron chi connectivity index (χ0n) is 16.7. The van der Waals surface area contributed by atoms with Crippen LogP contribution in [-0.2, 0) is 9.59 Å². The van der Waals surface area contributed by atoms with Crippen LogP contribution in [-0.4, -0.2) is 67.0 Å². The molecule has 7 nitrogen and oxygen atoms in total. The Labute approximate surface area is 166 Å². The summed E-state index contributed by atoms with van der Waals surface area (Å²) in [6.07, 6.45) is 5.35. The highest BCUT2D eigenvalue weighted by Gasteiger charge is 2.29. The molecule has 0 spiro atoms. The number of carbonyl (C=O) groups excluding carboxylic acids is 2. The van der Waals surface area contributed by atoms with Gasteiger partial charge in [-0.3, -0.25) is 19.8 Å². The highest BCUT2D eigenvalue weighted by Crippen LogP contribution is 2.26. The highest BCUT2D eigenvalue weighted by atomic mass is 16.2. The first-order chi connectivity index (χ1) is 13.6. The molecule has 3 fully saturated rings. The molecule has 2 N–H and O–H groups in total. The van der Waals surface area contributed by atoms with E-state index < -0.39 is 0 Å². The van der Waals surface area contributed by atoms with Crippen LogP contribution in [0.3, 0.4) is 0 Å². The number of pyridine rings is 1. The van der Waals surface area contributed by atoms with E-state index in [0.29, 0.717) is 18.9 Å². The molecule has 3 aliphatic rings. The predicted molar refractivity (Wildman–Crippen MR) is 108 cm³/mol. The third kappa shape index (κ3) is 4.36. The minimum absolute atomic E-state index is 0.179. The van der Waals surface area contributed by atoms with E-state index in [-0.39, 0.29) is 17.7 Å². The molecule has 1 aromatic heterocycles. The van der Waals surface area contributed by atoms with Gasteiger partial charge in [0, 0.05) is 44.8 Å². The van der Waals surface area contributed by atoms with Crippen molar-refractivity contribution >= 4 is 17.6 Å². The Bertz CT molecular complexity index is 701. The topological polar surface area (TPSA) is 77.6 Å². The summed E-state index contributed by atoms with van der Waals surface area (Å²) in [5, 5.41) is 5.87. The van der Waals surface area contributed by atoms with Gasteiger partial charge in [0.25, 0.3) is 0 Å². The molecular weight excluding hydrogens is 354 g/mol. The SMILES string of the molecule is C[C@@H]1CN(c2ccc([C@H]3CCC(=O)NC3=O)cn2)CCN1CC1CCNCC1. The van der Waals surface area contributed by atoms with E-state index in [1.54, 1.807) is 6.20 Å². The molecule has 28 heavy (non-hydrogen) atoms. The number of carbonyl (C=O) groups is 2. The number of aromatic nitrogens is 1. The standard InChI is InChI=1S/C21H31N5O2/c1-15-13-26(11-10-25(15)14-16-6-8-22-9-7-16)19-4-2-17(12-23-19)18-3-5-20(27)24-21(18)28/h2,4,12,15-16,18,22H,3,5-11,13-14H2,1H3,(H,24,27,28)/t15-,18-/m1/s1. The van der Waals surface area contributed by atoms with Crippen molar-refractivity contribution in [3.05, 3.63) is 23.9 Å². The number of rotatable bonds is 4. The summed E-state index contributed by atoms with van der Waals surface area (Å²) in [5.41, 5.74) is 0.895. The number of nitrogens with zero attached hydrogens (tertiary/aromatic N) is 3. The number of nitrogens with one attached hydrogen (secondary N) is 2. The molecule has 2 amide bonds. The molecule has 3 saturated heterocycles. The Morgan fingerprint density at radius 3 is 2.64 bits per heavy atom. The highest BCUT2D eigenvalue weighted by molar-refractivity contribution is 6.00. The van der Waals surface area contributed by atoms with Crippen LogP contribution in [0.15, 0.2) is 18.3 Å². The smallest absolute Gasteiger partial charge is 0.234 e. The van der Waals surface area contributed by atoms with Crippen LogP contribution in [0.4, 0.5) is 5.82 Å². The Hall–Kier alpha value is -1.99. The number of piperidine rings is 2. The van der Waals surface area contributed by atoms with Crippen molar-refractivity contribution in [2.45, 2.75) is 44.6 Å². The monoisotopic (exact) mass is 385 g/mol. The lowest BCUT2D eigenvalue weighted by atomic mass is 9.92. The molecule has 0 saturated carbocycles. The van der Waals surface area contributed by atoms with Gasteiger partial charge in [-0.15, -0.1) is 0 Å². The van der Waals surface area contributed by atoms with Gasteiger partial charge < -0.3 is 10.2 Å². The average Bonchev–Trinajstić information content (AvgIpc) is 2.71. The summed E-state index contributed by atoms with van der Waals surface area (Å²) in [5.74, 6) is 1.15.